The number of anilines is 1. The molecule has 0 saturated carbocycles. The van der Waals surface area contributed by atoms with Crippen LogP contribution in [0.1, 0.15) is 37.2 Å². The molecule has 0 amide bonds. The average molecular weight is 256 g/mol. The van der Waals surface area contributed by atoms with Crippen molar-refractivity contribution >= 4 is 5.69 Å². The lowest BCUT2D eigenvalue weighted by Gasteiger charge is -2.24. The topological polar surface area (TPSA) is 42.7 Å². The van der Waals surface area contributed by atoms with Crippen molar-refractivity contribution in [3.63, 3.8) is 0 Å². The molecule has 1 aromatic heterocycles. The molecule has 2 aromatic rings. The van der Waals surface area contributed by atoms with E-state index in [0.717, 1.165) is 25.2 Å². The zero-order valence-corrected chi connectivity index (χ0v) is 11.6. The highest BCUT2D eigenvalue weighted by molar-refractivity contribution is 5.55. The Balaban J connectivity index is 1.83. The summed E-state index contributed by atoms with van der Waals surface area (Å²) in [5.41, 5.74) is 4.04. The number of rotatable bonds is 3. The number of nitrogens with one attached hydrogen (secondary N) is 1. The van der Waals surface area contributed by atoms with Crippen molar-refractivity contribution in [3.05, 3.63) is 41.5 Å². The van der Waals surface area contributed by atoms with Crippen molar-refractivity contribution in [3.8, 4) is 0 Å². The molecule has 1 aliphatic rings. The number of aromatic nitrogens is 3. The quantitative estimate of drug-likeness (QED) is 0.918. The molecule has 1 unspecified atom stereocenters. The highest BCUT2D eigenvalue weighted by Gasteiger charge is 2.14. The van der Waals surface area contributed by atoms with Crippen molar-refractivity contribution in [2.24, 2.45) is 0 Å². The number of hydrogen-bond acceptors (Lipinski definition) is 3. The first kappa shape index (κ1) is 12.2. The summed E-state index contributed by atoms with van der Waals surface area (Å²) in [5, 5.41) is 7.76. The van der Waals surface area contributed by atoms with Crippen molar-refractivity contribution in [1.29, 1.82) is 0 Å². The third-order valence-corrected chi connectivity index (χ3v) is 3.78. The predicted octanol–water partition coefficient (Wildman–Crippen LogP) is 2.64. The van der Waals surface area contributed by atoms with E-state index in [4.69, 9.17) is 0 Å². The van der Waals surface area contributed by atoms with Crippen LogP contribution in [0.3, 0.4) is 0 Å². The second kappa shape index (κ2) is 5.03. The summed E-state index contributed by atoms with van der Waals surface area (Å²) < 4.78 is 1.96. The van der Waals surface area contributed by atoms with Gasteiger partial charge in [-0.15, -0.1) is 0 Å². The van der Waals surface area contributed by atoms with E-state index < -0.39 is 0 Å². The first-order valence-electron chi connectivity index (χ1n) is 7.01. The van der Waals surface area contributed by atoms with Crippen LogP contribution in [0, 0.1) is 0 Å². The molecule has 3 rings (SSSR count). The van der Waals surface area contributed by atoms with Crippen molar-refractivity contribution < 1.29 is 0 Å². The second-order valence-electron chi connectivity index (χ2n) is 5.24. The van der Waals surface area contributed by atoms with Gasteiger partial charge < -0.3 is 5.32 Å². The number of fused-ring (bicyclic) bond motifs is 1. The monoisotopic (exact) mass is 256 g/mol. The molecule has 1 atom stereocenters. The maximum atomic E-state index is 4.34. The molecule has 0 bridgehead atoms. The summed E-state index contributed by atoms with van der Waals surface area (Å²) in [6.45, 7) is 5.20. The molecule has 100 valence electrons. The number of hydrogen-bond donors (Lipinski definition) is 1. The Morgan fingerprint density at radius 3 is 3.16 bits per heavy atom. The van der Waals surface area contributed by atoms with E-state index in [9.17, 15) is 0 Å². The summed E-state index contributed by atoms with van der Waals surface area (Å²) in [5.74, 6) is 1.04. The zero-order chi connectivity index (χ0) is 13.2. The van der Waals surface area contributed by atoms with E-state index >= 15 is 0 Å². The molecule has 4 nitrogen and oxygen atoms in total. The average Bonchev–Trinajstić information content (AvgIpc) is 2.86. The maximum absolute atomic E-state index is 4.34. The molecule has 0 fully saturated rings. The minimum Gasteiger partial charge on any atom is -0.382 e. The minimum absolute atomic E-state index is 0.585. The first-order valence-corrected chi connectivity index (χ1v) is 7.01. The SMILES string of the molecule is CCn1ncnc1Cc1ccc2c(c1)CCC(C)N2. The van der Waals surface area contributed by atoms with Crippen LogP contribution in [-0.2, 0) is 19.4 Å². The smallest absolute Gasteiger partial charge is 0.138 e. The molecule has 0 radical (unpaired) electrons. The van der Waals surface area contributed by atoms with E-state index in [0.29, 0.717) is 6.04 Å². The van der Waals surface area contributed by atoms with Gasteiger partial charge in [0.05, 0.1) is 0 Å². The van der Waals surface area contributed by atoms with Crippen LogP contribution >= 0.6 is 0 Å². The second-order valence-corrected chi connectivity index (χ2v) is 5.24. The van der Waals surface area contributed by atoms with Gasteiger partial charge in [0, 0.05) is 24.7 Å². The van der Waals surface area contributed by atoms with Crippen LogP contribution in [0.2, 0.25) is 0 Å². The van der Waals surface area contributed by atoms with Gasteiger partial charge in [-0.1, -0.05) is 12.1 Å². The Morgan fingerprint density at radius 1 is 1.42 bits per heavy atom. The molecular formula is C15H20N4. The van der Waals surface area contributed by atoms with Crippen LogP contribution in [0.15, 0.2) is 24.5 Å². The van der Waals surface area contributed by atoms with Crippen LogP contribution in [0.4, 0.5) is 5.69 Å². The standard InChI is InChI=1S/C15H20N4/c1-3-19-15(16-10-17-19)9-12-5-7-14-13(8-12)6-4-11(2)18-14/h5,7-8,10-11,18H,3-4,6,9H2,1-2H3. The van der Waals surface area contributed by atoms with Crippen LogP contribution < -0.4 is 5.32 Å². The predicted molar refractivity (Wildman–Crippen MR) is 76.3 cm³/mol. The zero-order valence-electron chi connectivity index (χ0n) is 11.6. The van der Waals surface area contributed by atoms with Gasteiger partial charge in [0.25, 0.3) is 0 Å². The van der Waals surface area contributed by atoms with E-state index in [2.05, 4.69) is 47.4 Å². The fraction of sp³-hybridized carbons (Fsp3) is 0.467. The summed E-state index contributed by atoms with van der Waals surface area (Å²) in [4.78, 5) is 4.34. The first-order chi connectivity index (χ1) is 9.26. The number of aryl methyl sites for hydroxylation is 2. The fourth-order valence-electron chi connectivity index (χ4n) is 2.69. The Labute approximate surface area is 113 Å². The van der Waals surface area contributed by atoms with E-state index in [1.807, 2.05) is 4.68 Å². The van der Waals surface area contributed by atoms with E-state index in [1.165, 1.54) is 23.2 Å². The van der Waals surface area contributed by atoms with E-state index in [1.54, 1.807) is 6.33 Å². The fourth-order valence-corrected chi connectivity index (χ4v) is 2.69. The van der Waals surface area contributed by atoms with Gasteiger partial charge in [0.2, 0.25) is 0 Å². The van der Waals surface area contributed by atoms with Crippen molar-refractivity contribution in [2.75, 3.05) is 5.32 Å². The molecule has 1 aliphatic heterocycles. The summed E-state index contributed by atoms with van der Waals surface area (Å²) >= 11 is 0. The highest BCUT2D eigenvalue weighted by Crippen LogP contribution is 2.26. The molecule has 2 heterocycles. The minimum atomic E-state index is 0.585. The molecule has 1 N–H and O–H groups in total. The normalized spacial score (nSPS) is 17.9. The lowest BCUT2D eigenvalue weighted by atomic mass is 9.96. The summed E-state index contributed by atoms with van der Waals surface area (Å²) in [7, 11) is 0. The van der Waals surface area contributed by atoms with Crippen LogP contribution in [0.5, 0.6) is 0 Å². The Kier molecular flexibility index (Phi) is 3.23. The molecule has 4 heteroatoms. The maximum Gasteiger partial charge on any atom is 0.138 e. The number of benzene rings is 1. The van der Waals surface area contributed by atoms with Gasteiger partial charge in [0.1, 0.15) is 12.2 Å². The third-order valence-electron chi connectivity index (χ3n) is 3.78. The largest absolute Gasteiger partial charge is 0.382 e. The summed E-state index contributed by atoms with van der Waals surface area (Å²) in [6.07, 6.45) is 4.87. The Bertz CT molecular complexity index is 573. The van der Waals surface area contributed by atoms with Crippen LogP contribution in [0.25, 0.3) is 0 Å². The molecule has 0 aliphatic carbocycles. The third kappa shape index (κ3) is 2.48. The summed E-state index contributed by atoms with van der Waals surface area (Å²) in [6, 6.07) is 7.29. The van der Waals surface area contributed by atoms with Gasteiger partial charge in [-0.05, 0) is 43.9 Å². The molecule has 19 heavy (non-hydrogen) atoms. The molecule has 1 aromatic carbocycles. The highest BCUT2D eigenvalue weighted by atomic mass is 15.3. The van der Waals surface area contributed by atoms with Crippen LogP contribution in [-0.4, -0.2) is 20.8 Å². The van der Waals surface area contributed by atoms with Gasteiger partial charge >= 0.3 is 0 Å². The van der Waals surface area contributed by atoms with Gasteiger partial charge in [0.15, 0.2) is 0 Å². The van der Waals surface area contributed by atoms with Crippen molar-refractivity contribution in [2.45, 2.75) is 45.7 Å². The number of nitrogens with zero attached hydrogens (tertiary/aromatic N) is 3. The van der Waals surface area contributed by atoms with Gasteiger partial charge in [-0.3, -0.25) is 4.68 Å². The lowest BCUT2D eigenvalue weighted by molar-refractivity contribution is 0.624. The van der Waals surface area contributed by atoms with E-state index in [-0.39, 0.29) is 0 Å². The van der Waals surface area contributed by atoms with Crippen molar-refractivity contribution in [1.82, 2.24) is 14.8 Å². The van der Waals surface area contributed by atoms with Gasteiger partial charge in [-0.2, -0.15) is 5.10 Å². The Morgan fingerprint density at radius 2 is 2.32 bits per heavy atom. The van der Waals surface area contributed by atoms with Gasteiger partial charge in [-0.25, -0.2) is 4.98 Å². The molecular weight excluding hydrogens is 236 g/mol. The lowest BCUT2D eigenvalue weighted by Crippen LogP contribution is -2.21. The molecule has 0 saturated heterocycles. The molecule has 0 spiro atoms. The Hall–Kier alpha value is -1.84.